The smallest absolute Gasteiger partial charge is 0.395 e. The largest absolute Gasteiger partial charge is 0.473 e. The molecule has 2 heterocycles. The fourth-order valence-electron chi connectivity index (χ4n) is 2.24. The SMILES string of the molecule is C[C@@H](O)C1=C(Cl)N=C(n2ccc(O[C@H]3C[C@@H]3C(F)(F)F)n2)C1. The van der Waals surface area contributed by atoms with Crippen molar-refractivity contribution >= 4 is 17.4 Å². The van der Waals surface area contributed by atoms with E-state index in [-0.39, 0.29) is 17.5 Å². The summed E-state index contributed by atoms with van der Waals surface area (Å²) in [6, 6.07) is 1.47. The van der Waals surface area contributed by atoms with E-state index in [4.69, 9.17) is 16.3 Å². The summed E-state index contributed by atoms with van der Waals surface area (Å²) in [6.45, 7) is 1.58. The van der Waals surface area contributed by atoms with Crippen molar-refractivity contribution in [2.24, 2.45) is 10.9 Å². The predicted octanol–water partition coefficient (Wildman–Crippen LogP) is 2.69. The minimum absolute atomic E-state index is 0.0448. The predicted molar refractivity (Wildman–Crippen MR) is 72.8 cm³/mol. The summed E-state index contributed by atoms with van der Waals surface area (Å²) in [5.41, 5.74) is 0.578. The molecule has 1 N–H and O–H groups in total. The Morgan fingerprint density at radius 1 is 1.50 bits per heavy atom. The number of ether oxygens (including phenoxy) is 1. The van der Waals surface area contributed by atoms with Crippen LogP contribution >= 0.6 is 11.6 Å². The second kappa shape index (κ2) is 5.27. The number of nitrogens with zero attached hydrogens (tertiary/aromatic N) is 3. The number of rotatable bonds is 3. The Bertz CT molecular complexity index is 651. The summed E-state index contributed by atoms with van der Waals surface area (Å²) in [5, 5.41) is 13.8. The van der Waals surface area contributed by atoms with Crippen molar-refractivity contribution < 1.29 is 23.0 Å². The Kier molecular flexibility index (Phi) is 3.68. The molecule has 3 rings (SSSR count). The summed E-state index contributed by atoms with van der Waals surface area (Å²) < 4.78 is 43.9. The summed E-state index contributed by atoms with van der Waals surface area (Å²) >= 11 is 5.92. The normalized spacial score (nSPS) is 26.2. The topological polar surface area (TPSA) is 59.6 Å². The molecular formula is C13H13ClF3N3O2. The maximum atomic E-state index is 12.4. The number of aliphatic hydroxyl groups excluding tert-OH is 1. The molecule has 1 fully saturated rings. The fourth-order valence-corrected chi connectivity index (χ4v) is 2.56. The van der Waals surface area contributed by atoms with Crippen molar-refractivity contribution in [2.45, 2.75) is 38.1 Å². The van der Waals surface area contributed by atoms with Gasteiger partial charge in [0.15, 0.2) is 0 Å². The van der Waals surface area contributed by atoms with E-state index in [1.807, 2.05) is 0 Å². The fraction of sp³-hybridized carbons (Fsp3) is 0.538. The van der Waals surface area contributed by atoms with Crippen molar-refractivity contribution in [3.05, 3.63) is 23.0 Å². The van der Waals surface area contributed by atoms with Gasteiger partial charge >= 0.3 is 6.18 Å². The number of halogens is 4. The van der Waals surface area contributed by atoms with Gasteiger partial charge in [0.05, 0.1) is 12.0 Å². The highest BCUT2D eigenvalue weighted by Crippen LogP contribution is 2.46. The zero-order valence-electron chi connectivity index (χ0n) is 11.5. The van der Waals surface area contributed by atoms with Crippen molar-refractivity contribution in [3.8, 4) is 5.88 Å². The van der Waals surface area contributed by atoms with Crippen LogP contribution < -0.4 is 4.74 Å². The Labute approximate surface area is 129 Å². The van der Waals surface area contributed by atoms with E-state index in [1.165, 1.54) is 16.9 Å². The van der Waals surface area contributed by atoms with Gasteiger partial charge in [-0.3, -0.25) is 0 Å². The Balaban J connectivity index is 1.63. The first-order valence-corrected chi connectivity index (χ1v) is 7.07. The molecule has 2 aliphatic rings. The van der Waals surface area contributed by atoms with E-state index >= 15 is 0 Å². The van der Waals surface area contributed by atoms with Crippen molar-refractivity contribution in [2.75, 3.05) is 0 Å². The Hall–Kier alpha value is -1.54. The molecule has 1 aliphatic carbocycles. The van der Waals surface area contributed by atoms with Gasteiger partial charge in [0, 0.05) is 24.3 Å². The molecule has 1 aromatic rings. The third kappa shape index (κ3) is 2.98. The van der Waals surface area contributed by atoms with Crippen molar-refractivity contribution in [1.29, 1.82) is 0 Å². The first-order chi connectivity index (χ1) is 10.3. The van der Waals surface area contributed by atoms with Gasteiger partial charge in [0.2, 0.25) is 5.88 Å². The van der Waals surface area contributed by atoms with E-state index < -0.39 is 24.3 Å². The molecule has 1 aromatic heterocycles. The number of hydrogen-bond donors (Lipinski definition) is 1. The minimum atomic E-state index is -4.23. The molecule has 5 nitrogen and oxygen atoms in total. The van der Waals surface area contributed by atoms with Gasteiger partial charge in [0.25, 0.3) is 0 Å². The zero-order valence-corrected chi connectivity index (χ0v) is 12.3. The molecule has 120 valence electrons. The van der Waals surface area contributed by atoms with Gasteiger partial charge in [-0.15, -0.1) is 5.10 Å². The highest BCUT2D eigenvalue weighted by Gasteiger charge is 2.57. The molecule has 3 atom stereocenters. The number of hydrogen-bond acceptors (Lipinski definition) is 4. The maximum absolute atomic E-state index is 12.4. The molecule has 1 aliphatic heterocycles. The van der Waals surface area contributed by atoms with E-state index in [9.17, 15) is 18.3 Å². The zero-order chi connectivity index (χ0) is 16.1. The minimum Gasteiger partial charge on any atom is -0.473 e. The molecule has 9 heteroatoms. The third-order valence-corrected chi connectivity index (χ3v) is 3.93. The molecule has 0 amide bonds. The lowest BCUT2D eigenvalue weighted by Gasteiger charge is -2.06. The molecule has 22 heavy (non-hydrogen) atoms. The van der Waals surface area contributed by atoms with Crippen LogP contribution in [0, 0.1) is 5.92 Å². The quantitative estimate of drug-likeness (QED) is 0.864. The van der Waals surface area contributed by atoms with E-state index in [1.54, 1.807) is 6.92 Å². The van der Waals surface area contributed by atoms with Crippen LogP contribution in [0.5, 0.6) is 5.88 Å². The van der Waals surface area contributed by atoms with Crippen LogP contribution in [0.1, 0.15) is 19.8 Å². The molecule has 1 saturated carbocycles. The van der Waals surface area contributed by atoms with Crippen molar-refractivity contribution in [3.63, 3.8) is 0 Å². The molecule has 0 radical (unpaired) electrons. The van der Waals surface area contributed by atoms with E-state index in [0.717, 1.165) is 0 Å². The van der Waals surface area contributed by atoms with Crippen LogP contribution in [0.15, 0.2) is 28.0 Å². The average Bonchev–Trinajstić information content (AvgIpc) is 2.85. The summed E-state index contributed by atoms with van der Waals surface area (Å²) in [6.07, 6.45) is -4.01. The van der Waals surface area contributed by atoms with Gasteiger partial charge in [-0.1, -0.05) is 11.6 Å². The van der Waals surface area contributed by atoms with Crippen LogP contribution in [0.25, 0.3) is 0 Å². The van der Waals surface area contributed by atoms with Gasteiger partial charge < -0.3 is 9.84 Å². The van der Waals surface area contributed by atoms with Crippen LogP contribution in [-0.2, 0) is 0 Å². The highest BCUT2D eigenvalue weighted by molar-refractivity contribution is 6.31. The van der Waals surface area contributed by atoms with Crippen LogP contribution in [0.4, 0.5) is 13.2 Å². The second-order valence-electron chi connectivity index (χ2n) is 5.34. The number of aromatic nitrogens is 2. The summed E-state index contributed by atoms with van der Waals surface area (Å²) in [4.78, 5) is 4.09. The second-order valence-corrected chi connectivity index (χ2v) is 5.69. The van der Waals surface area contributed by atoms with E-state index in [0.29, 0.717) is 17.8 Å². The first kappa shape index (κ1) is 15.4. The molecule has 0 bridgehead atoms. The van der Waals surface area contributed by atoms with Crippen LogP contribution in [-0.4, -0.2) is 39.1 Å². The number of aliphatic hydroxyl groups is 1. The molecule has 0 aromatic carbocycles. The van der Waals surface area contributed by atoms with Crippen LogP contribution in [0.3, 0.4) is 0 Å². The Morgan fingerprint density at radius 2 is 2.23 bits per heavy atom. The van der Waals surface area contributed by atoms with Gasteiger partial charge in [-0.25, -0.2) is 9.67 Å². The van der Waals surface area contributed by atoms with E-state index in [2.05, 4.69) is 10.1 Å². The Morgan fingerprint density at radius 3 is 2.77 bits per heavy atom. The first-order valence-electron chi connectivity index (χ1n) is 6.69. The molecule has 0 saturated heterocycles. The lowest BCUT2D eigenvalue weighted by molar-refractivity contribution is -0.153. The standard InChI is InChI=1S/C13H13ClF3N3O2/c1-6(21)7-4-10(18-12(7)14)20-3-2-11(19-20)22-9-5-8(9)13(15,16)17/h2-3,6,8-9,21H,4-5H2,1H3/t6-,8+,9+/m1/s1. The lowest BCUT2D eigenvalue weighted by Crippen LogP contribution is -2.17. The molecule has 0 spiro atoms. The number of aliphatic imine (C=N–C) groups is 1. The molecular weight excluding hydrogens is 323 g/mol. The third-order valence-electron chi connectivity index (χ3n) is 3.60. The average molecular weight is 336 g/mol. The van der Waals surface area contributed by atoms with Gasteiger partial charge in [-0.05, 0) is 13.3 Å². The summed E-state index contributed by atoms with van der Waals surface area (Å²) in [5.74, 6) is -0.820. The maximum Gasteiger partial charge on any atom is 0.395 e. The summed E-state index contributed by atoms with van der Waals surface area (Å²) in [7, 11) is 0. The monoisotopic (exact) mass is 335 g/mol. The van der Waals surface area contributed by atoms with Crippen LogP contribution in [0.2, 0.25) is 0 Å². The van der Waals surface area contributed by atoms with Gasteiger partial charge in [-0.2, -0.15) is 13.2 Å². The number of alkyl halides is 3. The highest BCUT2D eigenvalue weighted by atomic mass is 35.5. The molecule has 0 unspecified atom stereocenters. The lowest BCUT2D eigenvalue weighted by atomic mass is 10.1. The van der Waals surface area contributed by atoms with Gasteiger partial charge in [0.1, 0.15) is 17.1 Å². The van der Waals surface area contributed by atoms with Crippen molar-refractivity contribution in [1.82, 2.24) is 9.78 Å².